The lowest BCUT2D eigenvalue weighted by atomic mass is 9.99. The zero-order chi connectivity index (χ0) is 30.2. The largest absolute Gasteiger partial charge is 0.504 e. The Hall–Kier alpha value is -3.06. The number of carbonyl (C=O) groups excluding carboxylic acids is 2. The first-order chi connectivity index (χ1) is 20.4. The van der Waals surface area contributed by atoms with Crippen LogP contribution in [0.3, 0.4) is 0 Å². The van der Waals surface area contributed by atoms with E-state index in [1.165, 1.54) is 25.7 Å². The van der Waals surface area contributed by atoms with Crippen molar-refractivity contribution in [1.82, 2.24) is 10.2 Å². The molecule has 1 unspecified atom stereocenters. The minimum absolute atomic E-state index is 0.0526. The first kappa shape index (κ1) is 33.4. The Kier molecular flexibility index (Phi) is 14.7. The molecule has 0 bridgehead atoms. The summed E-state index contributed by atoms with van der Waals surface area (Å²) in [4.78, 5) is 28.0. The van der Waals surface area contributed by atoms with Crippen LogP contribution in [0.2, 0.25) is 0 Å². The molecule has 0 spiro atoms. The molecule has 2 aromatic carbocycles. The second kappa shape index (κ2) is 18.5. The third-order valence-corrected chi connectivity index (χ3v) is 8.22. The van der Waals surface area contributed by atoms with Crippen LogP contribution in [0.5, 0.6) is 11.5 Å². The van der Waals surface area contributed by atoms with Crippen LogP contribution >= 0.6 is 0 Å². The number of para-hydroxylation sites is 1. The van der Waals surface area contributed by atoms with Crippen LogP contribution in [0.15, 0.2) is 36.4 Å². The van der Waals surface area contributed by atoms with E-state index in [4.69, 9.17) is 4.74 Å². The SMILES string of the molecule is CCCCCCCCC(=O)NCc1ccc(O)c(OCCc2cccc(C)c2NC(=O)C2CCCCN2CCCC)c1. The van der Waals surface area contributed by atoms with Gasteiger partial charge in [0.15, 0.2) is 11.5 Å². The highest BCUT2D eigenvalue weighted by atomic mass is 16.5. The first-order valence-electron chi connectivity index (χ1n) is 16.3. The Morgan fingerprint density at radius 3 is 2.60 bits per heavy atom. The summed E-state index contributed by atoms with van der Waals surface area (Å²) >= 11 is 0. The fourth-order valence-electron chi connectivity index (χ4n) is 5.65. The van der Waals surface area contributed by atoms with E-state index in [0.29, 0.717) is 31.7 Å². The van der Waals surface area contributed by atoms with E-state index in [9.17, 15) is 14.7 Å². The molecule has 3 N–H and O–H groups in total. The highest BCUT2D eigenvalue weighted by Crippen LogP contribution is 2.28. The maximum Gasteiger partial charge on any atom is 0.241 e. The summed E-state index contributed by atoms with van der Waals surface area (Å²) < 4.78 is 5.99. The maximum absolute atomic E-state index is 13.4. The number of anilines is 1. The molecular formula is C35H53N3O4. The van der Waals surface area contributed by atoms with E-state index in [2.05, 4.69) is 29.4 Å². The molecule has 1 atom stereocenters. The number of ether oxygens (including phenoxy) is 1. The van der Waals surface area contributed by atoms with Gasteiger partial charge in [-0.15, -0.1) is 0 Å². The quantitative estimate of drug-likeness (QED) is 0.161. The maximum atomic E-state index is 13.4. The van der Waals surface area contributed by atoms with Gasteiger partial charge in [0.2, 0.25) is 11.8 Å². The summed E-state index contributed by atoms with van der Waals surface area (Å²) in [6.45, 7) is 9.11. The minimum Gasteiger partial charge on any atom is -0.504 e. The number of amides is 2. The lowest BCUT2D eigenvalue weighted by Crippen LogP contribution is -2.47. The van der Waals surface area contributed by atoms with Crippen molar-refractivity contribution in [3.05, 3.63) is 53.1 Å². The van der Waals surface area contributed by atoms with Crippen molar-refractivity contribution in [2.75, 3.05) is 25.0 Å². The number of nitrogens with one attached hydrogen (secondary N) is 2. The van der Waals surface area contributed by atoms with Gasteiger partial charge in [-0.2, -0.15) is 0 Å². The fourth-order valence-corrected chi connectivity index (χ4v) is 5.65. The monoisotopic (exact) mass is 579 g/mol. The van der Waals surface area contributed by atoms with Gasteiger partial charge in [0, 0.05) is 25.1 Å². The molecule has 0 aromatic heterocycles. The van der Waals surface area contributed by atoms with E-state index >= 15 is 0 Å². The second-order valence-corrected chi connectivity index (χ2v) is 11.7. The van der Waals surface area contributed by atoms with Crippen LogP contribution in [0, 0.1) is 6.92 Å². The number of unbranched alkanes of at least 4 members (excludes halogenated alkanes) is 6. The van der Waals surface area contributed by atoms with Crippen LogP contribution in [0.25, 0.3) is 0 Å². The normalized spacial score (nSPS) is 15.4. The van der Waals surface area contributed by atoms with E-state index in [1.807, 2.05) is 25.1 Å². The third kappa shape index (κ3) is 11.0. The molecule has 1 saturated heterocycles. The van der Waals surface area contributed by atoms with Gasteiger partial charge < -0.3 is 20.5 Å². The van der Waals surface area contributed by atoms with Crippen molar-refractivity contribution >= 4 is 17.5 Å². The van der Waals surface area contributed by atoms with Crippen molar-refractivity contribution < 1.29 is 19.4 Å². The van der Waals surface area contributed by atoms with E-state index in [-0.39, 0.29) is 23.6 Å². The van der Waals surface area contributed by atoms with Crippen LogP contribution in [0.4, 0.5) is 5.69 Å². The van der Waals surface area contributed by atoms with Gasteiger partial charge >= 0.3 is 0 Å². The number of aromatic hydroxyl groups is 1. The van der Waals surface area contributed by atoms with Crippen LogP contribution in [-0.2, 0) is 22.6 Å². The summed E-state index contributed by atoms with van der Waals surface area (Å²) in [6, 6.07) is 11.2. The van der Waals surface area contributed by atoms with Crippen LogP contribution in [0.1, 0.15) is 108 Å². The average molecular weight is 580 g/mol. The number of aryl methyl sites for hydroxylation is 1. The van der Waals surface area contributed by atoms with Gasteiger partial charge in [0.05, 0.1) is 12.6 Å². The Balaban J connectivity index is 1.52. The molecule has 0 saturated carbocycles. The lowest BCUT2D eigenvalue weighted by molar-refractivity contribution is -0.122. The molecule has 3 rings (SSSR count). The third-order valence-electron chi connectivity index (χ3n) is 8.22. The lowest BCUT2D eigenvalue weighted by Gasteiger charge is -2.34. The highest BCUT2D eigenvalue weighted by Gasteiger charge is 2.28. The highest BCUT2D eigenvalue weighted by molar-refractivity contribution is 5.96. The number of phenols is 1. The number of phenolic OH excluding ortho intramolecular Hbond substituents is 1. The number of carbonyl (C=O) groups is 2. The second-order valence-electron chi connectivity index (χ2n) is 11.7. The molecule has 1 heterocycles. The van der Waals surface area contributed by atoms with Gasteiger partial charge in [-0.05, 0) is 74.5 Å². The van der Waals surface area contributed by atoms with Crippen LogP contribution < -0.4 is 15.4 Å². The number of rotatable bonds is 18. The summed E-state index contributed by atoms with van der Waals surface area (Å²) in [6.07, 6.45) is 13.4. The van der Waals surface area contributed by atoms with Crippen molar-refractivity contribution in [2.45, 2.75) is 117 Å². The van der Waals surface area contributed by atoms with Crippen molar-refractivity contribution in [1.29, 1.82) is 0 Å². The van der Waals surface area contributed by atoms with E-state index in [0.717, 1.165) is 80.4 Å². The number of hydrogen-bond donors (Lipinski definition) is 3. The molecule has 2 amide bonds. The smallest absolute Gasteiger partial charge is 0.241 e. The molecule has 7 nitrogen and oxygen atoms in total. The van der Waals surface area contributed by atoms with Crippen LogP contribution in [-0.4, -0.2) is 47.6 Å². The fraction of sp³-hybridized carbons (Fsp3) is 0.600. The Morgan fingerprint density at radius 2 is 1.79 bits per heavy atom. The van der Waals surface area contributed by atoms with Gasteiger partial charge in [0.1, 0.15) is 0 Å². The average Bonchev–Trinajstić information content (AvgIpc) is 2.99. The molecule has 7 heteroatoms. The molecule has 232 valence electrons. The Bertz CT molecular complexity index is 1120. The Labute approximate surface area is 253 Å². The van der Waals surface area contributed by atoms with Gasteiger partial charge in [0.25, 0.3) is 0 Å². The van der Waals surface area contributed by atoms with E-state index < -0.39 is 0 Å². The first-order valence-corrected chi connectivity index (χ1v) is 16.3. The summed E-state index contributed by atoms with van der Waals surface area (Å²) in [5, 5.41) is 16.6. The predicted molar refractivity (Wildman–Crippen MR) is 171 cm³/mol. The molecule has 0 aliphatic carbocycles. The van der Waals surface area contributed by atoms with Crippen molar-refractivity contribution in [3.8, 4) is 11.5 Å². The predicted octanol–water partition coefficient (Wildman–Crippen LogP) is 7.28. The van der Waals surface area contributed by atoms with Crippen molar-refractivity contribution in [3.63, 3.8) is 0 Å². The summed E-state index contributed by atoms with van der Waals surface area (Å²) in [5.41, 5.74) is 3.77. The number of piperidine rings is 1. The van der Waals surface area contributed by atoms with E-state index in [1.54, 1.807) is 18.2 Å². The standard InChI is InChI=1S/C35H53N3O4/c1-4-6-8-9-10-11-18-33(40)36-26-28-19-20-31(39)32(25-28)42-24-21-29-16-14-15-27(3)34(29)37-35(41)30-17-12-13-23-38(30)22-7-5-2/h14-16,19-20,25,30,39H,4-13,17-18,21-24,26H2,1-3H3,(H,36,40)(H,37,41). The molecule has 1 aliphatic heterocycles. The molecule has 0 radical (unpaired) electrons. The number of likely N-dealkylation sites (tertiary alicyclic amines) is 1. The summed E-state index contributed by atoms with van der Waals surface area (Å²) in [5.74, 6) is 0.590. The van der Waals surface area contributed by atoms with Crippen molar-refractivity contribution in [2.24, 2.45) is 0 Å². The minimum atomic E-state index is -0.0834. The zero-order valence-corrected chi connectivity index (χ0v) is 26.2. The molecule has 2 aromatic rings. The topological polar surface area (TPSA) is 90.9 Å². The van der Waals surface area contributed by atoms with Gasteiger partial charge in [-0.3, -0.25) is 14.5 Å². The van der Waals surface area contributed by atoms with Gasteiger partial charge in [-0.1, -0.05) is 83.1 Å². The number of nitrogens with zero attached hydrogens (tertiary/aromatic N) is 1. The zero-order valence-electron chi connectivity index (χ0n) is 26.2. The van der Waals surface area contributed by atoms with Gasteiger partial charge in [-0.25, -0.2) is 0 Å². The Morgan fingerprint density at radius 1 is 1.00 bits per heavy atom. The molecular weight excluding hydrogens is 526 g/mol. The molecule has 1 aliphatic rings. The molecule has 42 heavy (non-hydrogen) atoms. The molecule has 1 fully saturated rings. The number of benzene rings is 2. The summed E-state index contributed by atoms with van der Waals surface area (Å²) in [7, 11) is 0. The number of hydrogen-bond acceptors (Lipinski definition) is 5.